The number of carboxylic acid groups (broad SMARTS) is 1. The van der Waals surface area contributed by atoms with Gasteiger partial charge in [-0.05, 0) is 101 Å². The second-order valence-corrected chi connectivity index (χ2v) is 11.6. The summed E-state index contributed by atoms with van der Waals surface area (Å²) in [5.74, 6) is -1.11. The van der Waals surface area contributed by atoms with E-state index in [4.69, 9.17) is 4.98 Å². The smallest absolute Gasteiger partial charge is 0.304 e. The second-order valence-electron chi connectivity index (χ2n) is 11.6. The van der Waals surface area contributed by atoms with Crippen molar-refractivity contribution in [2.45, 2.75) is 83.5 Å². The third-order valence-electron chi connectivity index (χ3n) is 8.24. The highest BCUT2D eigenvalue weighted by Gasteiger charge is 2.31. The van der Waals surface area contributed by atoms with E-state index in [2.05, 4.69) is 26.2 Å². The fraction of sp³-hybridized carbons (Fsp3) is 0.484. The Bertz CT molecular complexity index is 1410. The van der Waals surface area contributed by atoms with Crippen LogP contribution in [-0.2, 0) is 16.1 Å². The topological polar surface area (TPSA) is 117 Å². The lowest BCUT2D eigenvalue weighted by atomic mass is 9.85. The minimum Gasteiger partial charge on any atom is -0.481 e. The SMILES string of the molecule is CC(C)NC(=O)C1CCC(n2c(NC(=O)c3ccc(F)cc3)nc3ccc(CN4CCCC4CC(=O)O)cc32)CC1. The number of nitrogens with zero attached hydrogens (tertiary/aromatic N) is 3. The number of imidazole rings is 1. The van der Waals surface area contributed by atoms with E-state index in [0.29, 0.717) is 18.1 Å². The molecular weight excluding hydrogens is 525 g/mol. The average Bonchev–Trinajstić information content (AvgIpc) is 3.51. The van der Waals surface area contributed by atoms with Gasteiger partial charge in [0.25, 0.3) is 5.91 Å². The predicted molar refractivity (Wildman–Crippen MR) is 154 cm³/mol. The lowest BCUT2D eigenvalue weighted by Gasteiger charge is -2.30. The molecule has 2 aliphatic rings. The van der Waals surface area contributed by atoms with E-state index in [1.54, 1.807) is 0 Å². The summed E-state index contributed by atoms with van der Waals surface area (Å²) in [6, 6.07) is 11.6. The first-order valence-electron chi connectivity index (χ1n) is 14.5. The van der Waals surface area contributed by atoms with E-state index in [-0.39, 0.29) is 42.3 Å². The van der Waals surface area contributed by atoms with Crippen LogP contribution in [0.4, 0.5) is 10.3 Å². The van der Waals surface area contributed by atoms with Gasteiger partial charge in [0.2, 0.25) is 11.9 Å². The van der Waals surface area contributed by atoms with Crippen LogP contribution in [0.3, 0.4) is 0 Å². The van der Waals surface area contributed by atoms with Crippen molar-refractivity contribution in [3.8, 4) is 0 Å². The number of hydrogen-bond acceptors (Lipinski definition) is 5. The molecule has 218 valence electrons. The summed E-state index contributed by atoms with van der Waals surface area (Å²) in [5, 5.41) is 15.3. The number of carbonyl (C=O) groups excluding carboxylic acids is 2. The van der Waals surface area contributed by atoms with Crippen molar-refractivity contribution in [2.75, 3.05) is 11.9 Å². The minimum absolute atomic E-state index is 0.0194. The number of hydrogen-bond donors (Lipinski definition) is 3. The number of aliphatic carboxylic acids is 1. The Morgan fingerprint density at radius 1 is 1.05 bits per heavy atom. The van der Waals surface area contributed by atoms with Crippen LogP contribution in [-0.4, -0.2) is 56.0 Å². The van der Waals surface area contributed by atoms with Crippen molar-refractivity contribution >= 4 is 34.8 Å². The zero-order chi connectivity index (χ0) is 29.1. The maximum Gasteiger partial charge on any atom is 0.304 e. The van der Waals surface area contributed by atoms with Crippen molar-refractivity contribution < 1.29 is 23.9 Å². The van der Waals surface area contributed by atoms with Crippen LogP contribution in [0.25, 0.3) is 11.0 Å². The Kier molecular flexibility index (Phi) is 8.68. The summed E-state index contributed by atoms with van der Waals surface area (Å²) in [7, 11) is 0. The third-order valence-corrected chi connectivity index (χ3v) is 8.24. The number of nitrogens with one attached hydrogen (secondary N) is 2. The van der Waals surface area contributed by atoms with Gasteiger partial charge >= 0.3 is 5.97 Å². The van der Waals surface area contributed by atoms with E-state index in [0.717, 1.165) is 61.7 Å². The van der Waals surface area contributed by atoms with Crippen LogP contribution in [0.1, 0.15) is 80.8 Å². The predicted octanol–water partition coefficient (Wildman–Crippen LogP) is 5.12. The summed E-state index contributed by atoms with van der Waals surface area (Å²) in [6.45, 7) is 5.41. The van der Waals surface area contributed by atoms with Crippen molar-refractivity contribution in [1.29, 1.82) is 0 Å². The number of carbonyl (C=O) groups is 3. The molecule has 1 atom stereocenters. The largest absolute Gasteiger partial charge is 0.481 e. The summed E-state index contributed by atoms with van der Waals surface area (Å²) >= 11 is 0. The Balaban J connectivity index is 1.43. The Morgan fingerprint density at radius 2 is 1.78 bits per heavy atom. The van der Waals surface area contributed by atoms with Crippen molar-refractivity contribution in [3.05, 3.63) is 59.4 Å². The maximum absolute atomic E-state index is 13.4. The molecule has 2 aromatic carbocycles. The highest BCUT2D eigenvalue weighted by atomic mass is 19.1. The number of halogens is 1. The highest BCUT2D eigenvalue weighted by Crippen LogP contribution is 2.37. The minimum atomic E-state index is -0.783. The Morgan fingerprint density at radius 3 is 2.46 bits per heavy atom. The van der Waals surface area contributed by atoms with Gasteiger partial charge < -0.3 is 15.0 Å². The summed E-state index contributed by atoms with van der Waals surface area (Å²) < 4.78 is 15.5. The van der Waals surface area contributed by atoms with Gasteiger partial charge in [0.15, 0.2) is 0 Å². The molecule has 10 heteroatoms. The molecule has 0 bridgehead atoms. The van der Waals surface area contributed by atoms with Gasteiger partial charge in [-0.3, -0.25) is 24.6 Å². The number of anilines is 1. The molecule has 1 aromatic heterocycles. The average molecular weight is 564 g/mol. The molecular formula is C31H38FN5O4. The molecule has 1 saturated heterocycles. The molecule has 1 aliphatic carbocycles. The second kappa shape index (κ2) is 12.4. The molecule has 1 saturated carbocycles. The fourth-order valence-electron chi connectivity index (χ4n) is 6.24. The van der Waals surface area contributed by atoms with Crippen LogP contribution in [0.2, 0.25) is 0 Å². The van der Waals surface area contributed by atoms with Crippen LogP contribution in [0.5, 0.6) is 0 Å². The third kappa shape index (κ3) is 6.75. The molecule has 0 radical (unpaired) electrons. The number of fused-ring (bicyclic) bond motifs is 1. The monoisotopic (exact) mass is 563 g/mol. The first-order valence-corrected chi connectivity index (χ1v) is 14.5. The molecule has 9 nitrogen and oxygen atoms in total. The Labute approximate surface area is 239 Å². The number of benzene rings is 2. The number of aromatic nitrogens is 2. The van der Waals surface area contributed by atoms with Crippen molar-refractivity contribution in [2.24, 2.45) is 5.92 Å². The molecule has 3 aromatic rings. The standard InChI is InChI=1S/C31H38FN5O4/c1-19(2)33-29(40)22-8-12-24(13-9-22)37-27-16-20(18-36-15-3-4-25(36)17-28(38)39)5-14-26(27)34-31(37)35-30(41)21-6-10-23(32)11-7-21/h5-7,10-11,14,16,19,22,24-25H,3-4,8-9,12-13,15,17-18H2,1-2H3,(H,33,40)(H,38,39)(H,34,35,41). The molecule has 41 heavy (non-hydrogen) atoms. The van der Waals surface area contributed by atoms with Crippen molar-refractivity contribution in [3.63, 3.8) is 0 Å². The van der Waals surface area contributed by atoms with Gasteiger partial charge in [-0.1, -0.05) is 6.07 Å². The van der Waals surface area contributed by atoms with E-state index in [1.807, 2.05) is 26.0 Å². The number of amides is 2. The van der Waals surface area contributed by atoms with Gasteiger partial charge in [0, 0.05) is 36.2 Å². The van der Waals surface area contributed by atoms with Crippen LogP contribution >= 0.6 is 0 Å². The van der Waals surface area contributed by atoms with Crippen molar-refractivity contribution in [1.82, 2.24) is 19.8 Å². The number of carboxylic acids is 1. The van der Waals surface area contributed by atoms with Crippen LogP contribution < -0.4 is 10.6 Å². The van der Waals surface area contributed by atoms with E-state index >= 15 is 0 Å². The first-order chi connectivity index (χ1) is 19.7. The van der Waals surface area contributed by atoms with Gasteiger partial charge in [-0.2, -0.15) is 0 Å². The summed E-state index contributed by atoms with van der Waals surface area (Å²) in [6.07, 6.45) is 4.98. The molecule has 2 heterocycles. The summed E-state index contributed by atoms with van der Waals surface area (Å²) in [5.41, 5.74) is 3.02. The molecule has 1 aliphatic heterocycles. The zero-order valence-corrected chi connectivity index (χ0v) is 23.6. The first kappa shape index (κ1) is 28.7. The van der Waals surface area contributed by atoms with Gasteiger partial charge in [0.1, 0.15) is 5.82 Å². The highest BCUT2D eigenvalue weighted by molar-refractivity contribution is 6.04. The van der Waals surface area contributed by atoms with Gasteiger partial charge in [-0.15, -0.1) is 0 Å². The lowest BCUT2D eigenvalue weighted by molar-refractivity contribution is -0.138. The summed E-state index contributed by atoms with van der Waals surface area (Å²) in [4.78, 5) is 44.1. The molecule has 1 unspecified atom stereocenters. The van der Waals surface area contributed by atoms with E-state index in [1.165, 1.54) is 24.3 Å². The van der Waals surface area contributed by atoms with E-state index < -0.39 is 11.8 Å². The Hall–Kier alpha value is -3.79. The number of rotatable bonds is 9. The molecule has 2 amide bonds. The van der Waals surface area contributed by atoms with Crippen LogP contribution in [0.15, 0.2) is 42.5 Å². The molecule has 0 spiro atoms. The van der Waals surface area contributed by atoms with Crippen LogP contribution in [0, 0.1) is 11.7 Å². The fourth-order valence-corrected chi connectivity index (χ4v) is 6.24. The zero-order valence-electron chi connectivity index (χ0n) is 23.6. The van der Waals surface area contributed by atoms with Gasteiger partial charge in [0.05, 0.1) is 17.5 Å². The maximum atomic E-state index is 13.4. The molecule has 2 fully saturated rings. The lowest BCUT2D eigenvalue weighted by Crippen LogP contribution is -2.37. The number of likely N-dealkylation sites (tertiary alicyclic amines) is 1. The normalized spacial score (nSPS) is 21.3. The molecule has 3 N–H and O–H groups in total. The van der Waals surface area contributed by atoms with Gasteiger partial charge in [-0.25, -0.2) is 9.37 Å². The van der Waals surface area contributed by atoms with E-state index in [9.17, 15) is 23.9 Å². The quantitative estimate of drug-likeness (QED) is 0.333. The molecule has 5 rings (SSSR count).